The standard InChI is InChI=1S/C13H17BrClN3O/c1-3-10-12(15)11(18(4-2)17-10)7-9(16)8-5-6-19-13(8)14/h5-6,9H,3-4,7,16H2,1-2H3. The lowest BCUT2D eigenvalue weighted by Gasteiger charge is -2.12. The zero-order valence-corrected chi connectivity index (χ0v) is 13.3. The van der Waals surface area contributed by atoms with Gasteiger partial charge in [-0.2, -0.15) is 5.10 Å². The smallest absolute Gasteiger partial charge is 0.173 e. The Morgan fingerprint density at radius 3 is 2.79 bits per heavy atom. The van der Waals surface area contributed by atoms with Crippen LogP contribution < -0.4 is 5.73 Å². The summed E-state index contributed by atoms with van der Waals surface area (Å²) in [7, 11) is 0. The number of rotatable bonds is 5. The molecule has 0 saturated heterocycles. The largest absolute Gasteiger partial charge is 0.457 e. The second kappa shape index (κ2) is 6.11. The van der Waals surface area contributed by atoms with Gasteiger partial charge in [0.1, 0.15) is 0 Å². The third-order valence-corrected chi connectivity index (χ3v) is 4.23. The first-order valence-corrected chi connectivity index (χ1v) is 7.48. The average Bonchev–Trinajstić information content (AvgIpc) is 2.95. The van der Waals surface area contributed by atoms with Crippen molar-refractivity contribution < 1.29 is 4.42 Å². The highest BCUT2D eigenvalue weighted by Crippen LogP contribution is 2.29. The van der Waals surface area contributed by atoms with Gasteiger partial charge in [0, 0.05) is 24.6 Å². The Morgan fingerprint density at radius 1 is 1.53 bits per heavy atom. The molecule has 104 valence electrons. The van der Waals surface area contributed by atoms with Gasteiger partial charge in [-0.25, -0.2) is 0 Å². The molecule has 2 aromatic rings. The predicted molar refractivity (Wildman–Crippen MR) is 79.3 cm³/mol. The number of hydrogen-bond donors (Lipinski definition) is 1. The molecule has 4 nitrogen and oxygen atoms in total. The number of nitrogens with two attached hydrogens (primary N) is 1. The topological polar surface area (TPSA) is 57.0 Å². The van der Waals surface area contributed by atoms with Crippen molar-refractivity contribution in [2.75, 3.05) is 0 Å². The third-order valence-electron chi connectivity index (χ3n) is 3.15. The zero-order valence-electron chi connectivity index (χ0n) is 11.0. The van der Waals surface area contributed by atoms with Crippen LogP contribution in [0.15, 0.2) is 21.4 Å². The summed E-state index contributed by atoms with van der Waals surface area (Å²) in [4.78, 5) is 0. The van der Waals surface area contributed by atoms with Crippen LogP contribution in [0.25, 0.3) is 0 Å². The first-order chi connectivity index (χ1) is 9.08. The summed E-state index contributed by atoms with van der Waals surface area (Å²) in [5.41, 5.74) is 9.08. The molecule has 2 heterocycles. The van der Waals surface area contributed by atoms with Gasteiger partial charge < -0.3 is 10.2 Å². The van der Waals surface area contributed by atoms with Crippen LogP contribution in [0.5, 0.6) is 0 Å². The molecule has 0 aromatic carbocycles. The van der Waals surface area contributed by atoms with Gasteiger partial charge in [0.25, 0.3) is 0 Å². The summed E-state index contributed by atoms with van der Waals surface area (Å²) in [6.45, 7) is 4.88. The van der Waals surface area contributed by atoms with Crippen molar-refractivity contribution in [2.24, 2.45) is 5.73 Å². The molecule has 1 atom stereocenters. The zero-order chi connectivity index (χ0) is 14.0. The van der Waals surface area contributed by atoms with E-state index in [1.165, 1.54) is 0 Å². The Morgan fingerprint density at radius 2 is 2.26 bits per heavy atom. The van der Waals surface area contributed by atoms with Gasteiger partial charge >= 0.3 is 0 Å². The number of aromatic nitrogens is 2. The van der Waals surface area contributed by atoms with E-state index in [0.29, 0.717) is 11.1 Å². The van der Waals surface area contributed by atoms with Crippen molar-refractivity contribution in [3.8, 4) is 0 Å². The first-order valence-electron chi connectivity index (χ1n) is 6.30. The molecule has 0 spiro atoms. The Labute approximate surface area is 126 Å². The van der Waals surface area contributed by atoms with Crippen LogP contribution >= 0.6 is 27.5 Å². The first kappa shape index (κ1) is 14.6. The maximum Gasteiger partial charge on any atom is 0.173 e. The molecular weight excluding hydrogens is 330 g/mol. The van der Waals surface area contributed by atoms with E-state index in [1.54, 1.807) is 6.26 Å². The molecular formula is C13H17BrClN3O. The molecule has 2 N–H and O–H groups in total. The van der Waals surface area contributed by atoms with Crippen LogP contribution in [0, 0.1) is 0 Å². The maximum absolute atomic E-state index is 6.38. The molecule has 2 rings (SSSR count). The molecule has 0 bridgehead atoms. The number of aryl methyl sites for hydroxylation is 2. The van der Waals surface area contributed by atoms with Crippen LogP contribution in [0.4, 0.5) is 0 Å². The van der Waals surface area contributed by atoms with Crippen molar-refractivity contribution >= 4 is 27.5 Å². The van der Waals surface area contributed by atoms with E-state index in [-0.39, 0.29) is 6.04 Å². The average molecular weight is 347 g/mol. The van der Waals surface area contributed by atoms with E-state index in [0.717, 1.165) is 34.9 Å². The summed E-state index contributed by atoms with van der Waals surface area (Å²) in [6, 6.07) is 1.70. The molecule has 1 unspecified atom stereocenters. The van der Waals surface area contributed by atoms with Gasteiger partial charge in [-0.3, -0.25) is 4.68 Å². The second-order valence-electron chi connectivity index (χ2n) is 4.34. The number of furan rings is 1. The van der Waals surface area contributed by atoms with E-state index in [9.17, 15) is 0 Å². The van der Waals surface area contributed by atoms with E-state index < -0.39 is 0 Å². The summed E-state index contributed by atoms with van der Waals surface area (Å²) in [5.74, 6) is 0. The fourth-order valence-corrected chi connectivity index (χ4v) is 2.98. The number of halogens is 2. The minimum absolute atomic E-state index is 0.169. The summed E-state index contributed by atoms with van der Waals surface area (Å²) in [5, 5.41) is 5.23. The van der Waals surface area contributed by atoms with Gasteiger partial charge in [-0.05, 0) is 35.3 Å². The summed E-state index contributed by atoms with van der Waals surface area (Å²) in [6.07, 6.45) is 3.08. The molecule has 0 saturated carbocycles. The third kappa shape index (κ3) is 2.88. The van der Waals surface area contributed by atoms with Gasteiger partial charge in [0.05, 0.1) is 22.7 Å². The highest BCUT2D eigenvalue weighted by atomic mass is 79.9. The van der Waals surface area contributed by atoms with Crippen LogP contribution in [0.2, 0.25) is 5.02 Å². The minimum atomic E-state index is -0.169. The summed E-state index contributed by atoms with van der Waals surface area (Å²) < 4.78 is 7.82. The molecule has 2 aromatic heterocycles. The van der Waals surface area contributed by atoms with Crippen LogP contribution in [-0.2, 0) is 19.4 Å². The highest BCUT2D eigenvalue weighted by molar-refractivity contribution is 9.10. The second-order valence-corrected chi connectivity index (χ2v) is 5.44. The lowest BCUT2D eigenvalue weighted by molar-refractivity contribution is 0.527. The highest BCUT2D eigenvalue weighted by Gasteiger charge is 2.20. The number of hydrogen-bond acceptors (Lipinski definition) is 3. The van der Waals surface area contributed by atoms with Crippen LogP contribution in [0.3, 0.4) is 0 Å². The van der Waals surface area contributed by atoms with Gasteiger partial charge in [0.2, 0.25) is 0 Å². The molecule has 19 heavy (non-hydrogen) atoms. The lowest BCUT2D eigenvalue weighted by atomic mass is 10.1. The Hall–Kier alpha value is -0.780. The quantitative estimate of drug-likeness (QED) is 0.897. The molecule has 6 heteroatoms. The lowest BCUT2D eigenvalue weighted by Crippen LogP contribution is -2.16. The molecule has 0 aliphatic rings. The Bertz CT molecular complexity index is 564. The predicted octanol–water partition coefficient (Wildman–Crippen LogP) is 3.72. The SMILES string of the molecule is CCc1nn(CC)c(CC(N)c2ccoc2Br)c1Cl. The van der Waals surface area contributed by atoms with E-state index >= 15 is 0 Å². The van der Waals surface area contributed by atoms with E-state index in [4.69, 9.17) is 21.8 Å². The fraction of sp³-hybridized carbons (Fsp3) is 0.462. The van der Waals surface area contributed by atoms with E-state index in [1.807, 2.05) is 24.6 Å². The molecule has 0 aliphatic heterocycles. The molecule has 0 amide bonds. The summed E-state index contributed by atoms with van der Waals surface area (Å²) >= 11 is 9.73. The monoisotopic (exact) mass is 345 g/mol. The van der Waals surface area contributed by atoms with Crippen LogP contribution in [0.1, 0.15) is 36.8 Å². The van der Waals surface area contributed by atoms with Crippen molar-refractivity contribution in [3.63, 3.8) is 0 Å². The molecule has 0 aliphatic carbocycles. The molecule has 0 fully saturated rings. The minimum Gasteiger partial charge on any atom is -0.457 e. The Balaban J connectivity index is 2.28. The number of nitrogens with zero attached hydrogens (tertiary/aromatic N) is 2. The van der Waals surface area contributed by atoms with Crippen molar-refractivity contribution in [3.05, 3.63) is 39.0 Å². The van der Waals surface area contributed by atoms with Crippen molar-refractivity contribution in [1.29, 1.82) is 0 Å². The van der Waals surface area contributed by atoms with Crippen molar-refractivity contribution in [2.45, 2.75) is 39.3 Å². The van der Waals surface area contributed by atoms with Gasteiger partial charge in [-0.1, -0.05) is 18.5 Å². The van der Waals surface area contributed by atoms with E-state index in [2.05, 4.69) is 21.0 Å². The molecule has 0 radical (unpaired) electrons. The normalized spacial score (nSPS) is 12.9. The van der Waals surface area contributed by atoms with Gasteiger partial charge in [-0.15, -0.1) is 0 Å². The van der Waals surface area contributed by atoms with Crippen molar-refractivity contribution in [1.82, 2.24) is 9.78 Å². The Kier molecular flexibility index (Phi) is 4.71. The maximum atomic E-state index is 6.38. The van der Waals surface area contributed by atoms with Crippen LogP contribution in [-0.4, -0.2) is 9.78 Å². The van der Waals surface area contributed by atoms with Gasteiger partial charge in [0.15, 0.2) is 4.67 Å². The fourth-order valence-electron chi connectivity index (χ4n) is 2.10.